The van der Waals surface area contributed by atoms with Crippen molar-refractivity contribution in [1.29, 1.82) is 0 Å². The molecule has 1 amide bonds. The molecular weight excluding hydrogens is 230 g/mol. The summed E-state index contributed by atoms with van der Waals surface area (Å²) >= 11 is 0. The maximum Gasteiger partial charge on any atom is 0.269 e. The number of rotatable bonds is 5. The third-order valence-electron chi connectivity index (χ3n) is 3.13. The van der Waals surface area contributed by atoms with Crippen LogP contribution in [0.2, 0.25) is 0 Å². The Morgan fingerprint density at radius 2 is 2.33 bits per heavy atom. The highest BCUT2D eigenvalue weighted by molar-refractivity contribution is 5.93. The highest BCUT2D eigenvalue weighted by Crippen LogP contribution is 2.26. The fourth-order valence-corrected chi connectivity index (χ4v) is 2.01. The molecule has 1 aromatic heterocycles. The molecule has 1 aliphatic rings. The van der Waals surface area contributed by atoms with E-state index < -0.39 is 0 Å². The van der Waals surface area contributed by atoms with Crippen LogP contribution in [-0.4, -0.2) is 36.7 Å². The Bertz CT molecular complexity index is 416. The summed E-state index contributed by atoms with van der Waals surface area (Å²) in [5.41, 5.74) is 1.38. The highest BCUT2D eigenvalue weighted by Gasteiger charge is 2.28. The summed E-state index contributed by atoms with van der Waals surface area (Å²) in [6.45, 7) is 2.50. The first-order valence-electron chi connectivity index (χ1n) is 6.26. The molecule has 1 saturated carbocycles. The monoisotopic (exact) mass is 249 g/mol. The van der Waals surface area contributed by atoms with E-state index in [-0.39, 0.29) is 5.91 Å². The number of pyridine rings is 1. The molecule has 0 atom stereocenters. The number of hydrogen-bond acceptors (Lipinski definition) is 4. The van der Waals surface area contributed by atoms with Crippen LogP contribution in [-0.2, 0) is 4.74 Å². The Balaban J connectivity index is 1.93. The van der Waals surface area contributed by atoms with E-state index in [4.69, 9.17) is 4.74 Å². The summed E-state index contributed by atoms with van der Waals surface area (Å²) < 4.78 is 5.23. The molecule has 1 heterocycles. The molecular formula is C13H19N3O2. The zero-order valence-corrected chi connectivity index (χ0v) is 10.8. The van der Waals surface area contributed by atoms with Gasteiger partial charge in [-0.25, -0.2) is 0 Å². The maximum absolute atomic E-state index is 11.6. The fraction of sp³-hybridized carbons (Fsp3) is 0.538. The molecule has 2 rings (SSSR count). The van der Waals surface area contributed by atoms with E-state index in [1.54, 1.807) is 19.4 Å². The van der Waals surface area contributed by atoms with Crippen LogP contribution >= 0.6 is 0 Å². The van der Waals surface area contributed by atoms with Crippen molar-refractivity contribution in [1.82, 2.24) is 10.3 Å². The van der Waals surface area contributed by atoms with Gasteiger partial charge in [0.2, 0.25) is 0 Å². The number of amides is 1. The highest BCUT2D eigenvalue weighted by atomic mass is 16.5. The van der Waals surface area contributed by atoms with Crippen molar-refractivity contribution in [3.8, 4) is 0 Å². The molecule has 0 radical (unpaired) electrons. The predicted molar refractivity (Wildman–Crippen MR) is 69.7 cm³/mol. The number of nitrogens with zero attached hydrogens (tertiary/aromatic N) is 1. The minimum absolute atomic E-state index is 0.135. The van der Waals surface area contributed by atoms with Crippen LogP contribution in [0.1, 0.15) is 30.3 Å². The van der Waals surface area contributed by atoms with Crippen molar-refractivity contribution in [2.24, 2.45) is 0 Å². The number of aromatic nitrogens is 1. The first-order chi connectivity index (χ1) is 8.72. The van der Waals surface area contributed by atoms with Crippen LogP contribution in [0.15, 0.2) is 18.3 Å². The van der Waals surface area contributed by atoms with Gasteiger partial charge in [-0.1, -0.05) is 0 Å². The molecule has 0 saturated heterocycles. The van der Waals surface area contributed by atoms with Gasteiger partial charge in [-0.3, -0.25) is 9.78 Å². The van der Waals surface area contributed by atoms with Crippen molar-refractivity contribution in [2.75, 3.05) is 19.0 Å². The third-order valence-corrected chi connectivity index (χ3v) is 3.13. The van der Waals surface area contributed by atoms with Gasteiger partial charge in [0.05, 0.1) is 6.10 Å². The van der Waals surface area contributed by atoms with Gasteiger partial charge in [0.15, 0.2) is 0 Å². The van der Waals surface area contributed by atoms with E-state index in [1.165, 1.54) is 0 Å². The Morgan fingerprint density at radius 3 is 3.00 bits per heavy atom. The standard InChI is InChI=1S/C13H19N3O2/c1-3-14-13(17)12-8-9(4-5-15-12)16-10-6-11(7-10)18-2/h4-5,8,10-11H,3,6-7H2,1-2H3,(H,14,17)(H,15,16). The molecule has 0 aromatic carbocycles. The van der Waals surface area contributed by atoms with Crippen molar-refractivity contribution in [2.45, 2.75) is 31.9 Å². The average Bonchev–Trinajstić information content (AvgIpc) is 2.34. The van der Waals surface area contributed by atoms with Crippen molar-refractivity contribution < 1.29 is 9.53 Å². The van der Waals surface area contributed by atoms with E-state index in [2.05, 4.69) is 15.6 Å². The number of methoxy groups -OCH3 is 1. The molecule has 1 fully saturated rings. The maximum atomic E-state index is 11.6. The normalized spacial score (nSPS) is 22.1. The second-order valence-electron chi connectivity index (χ2n) is 4.46. The zero-order valence-electron chi connectivity index (χ0n) is 10.8. The van der Waals surface area contributed by atoms with Crippen LogP contribution < -0.4 is 10.6 Å². The van der Waals surface area contributed by atoms with E-state index in [0.29, 0.717) is 24.4 Å². The second-order valence-corrected chi connectivity index (χ2v) is 4.46. The second kappa shape index (κ2) is 5.82. The molecule has 1 aliphatic carbocycles. The molecule has 5 nitrogen and oxygen atoms in total. The third kappa shape index (κ3) is 2.98. The SMILES string of the molecule is CCNC(=O)c1cc(NC2CC(OC)C2)ccn1. The lowest BCUT2D eigenvalue weighted by Crippen LogP contribution is -2.40. The van der Waals surface area contributed by atoms with Gasteiger partial charge in [-0.05, 0) is 31.9 Å². The van der Waals surface area contributed by atoms with Gasteiger partial charge in [-0.15, -0.1) is 0 Å². The fourth-order valence-electron chi connectivity index (χ4n) is 2.01. The van der Waals surface area contributed by atoms with Crippen molar-refractivity contribution in [3.63, 3.8) is 0 Å². The lowest BCUT2D eigenvalue weighted by molar-refractivity contribution is 0.0328. The Morgan fingerprint density at radius 1 is 1.56 bits per heavy atom. The Labute approximate surface area is 107 Å². The molecule has 5 heteroatoms. The van der Waals surface area contributed by atoms with Crippen LogP contribution in [0.3, 0.4) is 0 Å². The first-order valence-corrected chi connectivity index (χ1v) is 6.26. The van der Waals surface area contributed by atoms with Crippen LogP contribution in [0.5, 0.6) is 0 Å². The van der Waals surface area contributed by atoms with E-state index in [1.807, 2.05) is 13.0 Å². The predicted octanol–water partition coefficient (Wildman–Crippen LogP) is 1.42. The Kier molecular flexibility index (Phi) is 4.15. The lowest BCUT2D eigenvalue weighted by atomic mass is 9.89. The molecule has 2 N–H and O–H groups in total. The number of ether oxygens (including phenoxy) is 1. The molecule has 98 valence electrons. The summed E-state index contributed by atoms with van der Waals surface area (Å²) in [5, 5.41) is 6.12. The number of nitrogens with one attached hydrogen (secondary N) is 2. The van der Waals surface area contributed by atoms with Crippen molar-refractivity contribution in [3.05, 3.63) is 24.0 Å². The van der Waals surface area contributed by atoms with Gasteiger partial charge in [-0.2, -0.15) is 0 Å². The van der Waals surface area contributed by atoms with E-state index in [0.717, 1.165) is 18.5 Å². The quantitative estimate of drug-likeness (QED) is 0.828. The van der Waals surface area contributed by atoms with Crippen LogP contribution in [0.4, 0.5) is 5.69 Å². The number of carbonyl (C=O) groups is 1. The van der Waals surface area contributed by atoms with Crippen LogP contribution in [0, 0.1) is 0 Å². The summed E-state index contributed by atoms with van der Waals surface area (Å²) in [6, 6.07) is 4.09. The lowest BCUT2D eigenvalue weighted by Gasteiger charge is -2.35. The first kappa shape index (κ1) is 12.8. The minimum atomic E-state index is -0.135. The number of anilines is 1. The smallest absolute Gasteiger partial charge is 0.269 e. The van der Waals surface area contributed by atoms with Gasteiger partial charge in [0.25, 0.3) is 5.91 Å². The summed E-state index contributed by atoms with van der Waals surface area (Å²) in [7, 11) is 1.74. The van der Waals surface area contributed by atoms with Gasteiger partial charge in [0.1, 0.15) is 5.69 Å². The molecule has 0 spiro atoms. The largest absolute Gasteiger partial charge is 0.382 e. The summed E-state index contributed by atoms with van der Waals surface area (Å²) in [4.78, 5) is 15.7. The van der Waals surface area contributed by atoms with E-state index in [9.17, 15) is 4.79 Å². The molecule has 1 aromatic rings. The van der Waals surface area contributed by atoms with E-state index >= 15 is 0 Å². The number of carbonyl (C=O) groups excluding carboxylic acids is 1. The number of hydrogen-bond donors (Lipinski definition) is 2. The van der Waals surface area contributed by atoms with Crippen LogP contribution in [0.25, 0.3) is 0 Å². The molecule has 0 unspecified atom stereocenters. The summed E-state index contributed by atoms with van der Waals surface area (Å²) in [5.74, 6) is -0.135. The summed E-state index contributed by atoms with van der Waals surface area (Å²) in [6.07, 6.45) is 4.04. The molecule has 18 heavy (non-hydrogen) atoms. The average molecular weight is 249 g/mol. The van der Waals surface area contributed by atoms with Gasteiger partial charge in [0, 0.05) is 31.6 Å². The minimum Gasteiger partial charge on any atom is -0.382 e. The zero-order chi connectivity index (χ0) is 13.0. The van der Waals surface area contributed by atoms with Gasteiger partial charge >= 0.3 is 0 Å². The van der Waals surface area contributed by atoms with Gasteiger partial charge < -0.3 is 15.4 Å². The molecule has 0 bridgehead atoms. The van der Waals surface area contributed by atoms with Crippen molar-refractivity contribution >= 4 is 11.6 Å². The topological polar surface area (TPSA) is 63.2 Å². The Hall–Kier alpha value is -1.62. The molecule has 0 aliphatic heterocycles.